The molecular weight excluding hydrogens is 675 g/mol. The lowest BCUT2D eigenvalue weighted by atomic mass is 10.0. The van der Waals surface area contributed by atoms with Crippen molar-refractivity contribution in [3.63, 3.8) is 0 Å². The number of hydrogen-bond acceptors (Lipinski definition) is 7. The van der Waals surface area contributed by atoms with Gasteiger partial charge in [-0.15, -0.1) is 0 Å². The molecule has 0 aromatic heterocycles. The van der Waals surface area contributed by atoms with Crippen LogP contribution in [0.3, 0.4) is 0 Å². The first-order chi connectivity index (χ1) is 23.3. The number of nitrogens with one attached hydrogen (secondary N) is 2. The number of benzene rings is 3. The molecule has 49 heavy (non-hydrogen) atoms. The number of sulfonamides is 1. The Labute approximate surface area is 292 Å². The fourth-order valence-corrected chi connectivity index (χ4v) is 6.56. The third-order valence-corrected chi connectivity index (χ3v) is 9.97. The van der Waals surface area contributed by atoms with Crippen molar-refractivity contribution >= 4 is 44.9 Å². The highest BCUT2D eigenvalue weighted by atomic mass is 35.5. The fourth-order valence-electron chi connectivity index (χ4n) is 5.38. The Kier molecular flexibility index (Phi) is 13.3. The van der Waals surface area contributed by atoms with Crippen molar-refractivity contribution in [2.75, 3.05) is 43.4 Å². The van der Waals surface area contributed by atoms with Crippen molar-refractivity contribution in [1.82, 2.24) is 9.80 Å². The first kappa shape index (κ1) is 37.9. The highest BCUT2D eigenvalue weighted by Gasteiger charge is 2.31. The quantitative estimate of drug-likeness (QED) is 0.251. The molecule has 4 atom stereocenters. The molecule has 0 fully saturated rings. The summed E-state index contributed by atoms with van der Waals surface area (Å²) < 4.78 is 54.8. The molecule has 4 rings (SSSR count). The first-order valence-electron chi connectivity index (χ1n) is 16.2. The van der Waals surface area contributed by atoms with Crippen LogP contribution in [-0.2, 0) is 14.8 Å². The van der Waals surface area contributed by atoms with Crippen LogP contribution in [-0.4, -0.2) is 86.9 Å². The van der Waals surface area contributed by atoms with Crippen molar-refractivity contribution in [1.29, 1.82) is 0 Å². The number of rotatable bonds is 8. The lowest BCUT2D eigenvalue weighted by molar-refractivity contribution is -0.0115. The zero-order chi connectivity index (χ0) is 35.7. The van der Waals surface area contributed by atoms with E-state index in [4.69, 9.17) is 21.1 Å². The van der Waals surface area contributed by atoms with Gasteiger partial charge in [0, 0.05) is 49.1 Å². The lowest BCUT2D eigenvalue weighted by Crippen LogP contribution is -2.48. The number of urea groups is 1. The summed E-state index contributed by atoms with van der Waals surface area (Å²) in [7, 11) is -2.38. The Morgan fingerprint density at radius 1 is 1.08 bits per heavy atom. The minimum absolute atomic E-state index is 0.0000990. The van der Waals surface area contributed by atoms with Gasteiger partial charge in [0.15, 0.2) is 0 Å². The second-order valence-corrected chi connectivity index (χ2v) is 14.5. The number of aliphatic hydroxyl groups excluding tert-OH is 1. The van der Waals surface area contributed by atoms with Gasteiger partial charge >= 0.3 is 6.03 Å². The summed E-state index contributed by atoms with van der Waals surface area (Å²) in [5.74, 6) is -0.904. The molecule has 1 aliphatic rings. The Morgan fingerprint density at radius 2 is 1.76 bits per heavy atom. The zero-order valence-corrected chi connectivity index (χ0v) is 29.6. The normalized spacial score (nSPS) is 19.9. The van der Waals surface area contributed by atoms with Gasteiger partial charge in [-0.1, -0.05) is 18.5 Å². The van der Waals surface area contributed by atoms with Crippen molar-refractivity contribution < 1.29 is 37.0 Å². The number of carbonyl (C=O) groups excluding carboxylic acids is 2. The predicted octanol–water partition coefficient (Wildman–Crippen LogP) is 6.24. The number of halogens is 2. The van der Waals surface area contributed by atoms with Gasteiger partial charge in [-0.25, -0.2) is 17.6 Å². The number of nitrogens with zero attached hydrogens (tertiary/aromatic N) is 2. The number of fused-ring (bicyclic) bond motifs is 1. The number of likely N-dealkylation sites (N-methyl/N-ethyl adjacent to an activating group) is 1. The number of carbonyl (C=O) groups is 2. The number of anilines is 2. The van der Waals surface area contributed by atoms with E-state index in [1.807, 2.05) is 13.8 Å². The van der Waals surface area contributed by atoms with Gasteiger partial charge in [0.2, 0.25) is 0 Å². The molecule has 14 heteroatoms. The number of amides is 3. The van der Waals surface area contributed by atoms with Crippen LogP contribution in [0.25, 0.3) is 0 Å². The van der Waals surface area contributed by atoms with Crippen LogP contribution in [0.5, 0.6) is 5.75 Å². The predicted molar refractivity (Wildman–Crippen MR) is 187 cm³/mol. The van der Waals surface area contributed by atoms with Gasteiger partial charge in [-0.2, -0.15) is 0 Å². The third-order valence-electron chi connectivity index (χ3n) is 8.32. The van der Waals surface area contributed by atoms with Crippen LogP contribution < -0.4 is 14.8 Å². The second-order valence-electron chi connectivity index (χ2n) is 12.4. The molecule has 0 saturated carbocycles. The highest BCUT2D eigenvalue weighted by molar-refractivity contribution is 7.92. The largest absolute Gasteiger partial charge is 0.490 e. The molecule has 11 nitrogen and oxygen atoms in total. The molecule has 1 aliphatic heterocycles. The number of ether oxygens (including phenoxy) is 2. The van der Waals surface area contributed by atoms with E-state index in [9.17, 15) is 27.5 Å². The first-order valence-corrected chi connectivity index (χ1v) is 18.0. The molecule has 266 valence electrons. The van der Waals surface area contributed by atoms with E-state index in [1.165, 1.54) is 70.5 Å². The van der Waals surface area contributed by atoms with Crippen LogP contribution in [0.15, 0.2) is 71.6 Å². The third kappa shape index (κ3) is 10.5. The molecule has 0 unspecified atom stereocenters. The Morgan fingerprint density at radius 3 is 2.43 bits per heavy atom. The number of aliphatic hydroxyl groups is 1. The van der Waals surface area contributed by atoms with Crippen LogP contribution in [0, 0.1) is 11.7 Å². The molecule has 3 aromatic carbocycles. The summed E-state index contributed by atoms with van der Waals surface area (Å²) >= 11 is 5.94. The summed E-state index contributed by atoms with van der Waals surface area (Å²) in [5, 5.41) is 13.3. The molecule has 0 bridgehead atoms. The molecule has 0 saturated heterocycles. The number of hydrogen-bond donors (Lipinski definition) is 3. The zero-order valence-electron chi connectivity index (χ0n) is 28.1. The van der Waals surface area contributed by atoms with E-state index in [2.05, 4.69) is 10.0 Å². The lowest BCUT2D eigenvalue weighted by Gasteiger charge is -2.35. The maximum absolute atomic E-state index is 14.3. The molecular formula is C35H44ClFN4O7S. The molecule has 0 radical (unpaired) electrons. The van der Waals surface area contributed by atoms with E-state index >= 15 is 0 Å². The van der Waals surface area contributed by atoms with Gasteiger partial charge in [0.1, 0.15) is 11.6 Å². The standard InChI is InChI=1S/C35H44ClFN4O7S/c1-23-20-41(24(2)22-42)34(43)31-19-29(39-49(45,46)30-15-8-26(36)9-16-30)14-17-32(31)48-25(3)7-5-6-18-47-33(23)21-40(4)35(44)38-28-12-10-27(37)11-13-28/h8-17,19,23-25,33,39,42H,5-7,18,20-22H2,1-4H3,(H,38,44)/t23-,24+,25+,33-/m1/s1. The van der Waals surface area contributed by atoms with E-state index in [1.54, 1.807) is 20.0 Å². The molecule has 3 aromatic rings. The van der Waals surface area contributed by atoms with Gasteiger partial charge < -0.3 is 29.7 Å². The highest BCUT2D eigenvalue weighted by Crippen LogP contribution is 2.30. The Hall–Kier alpha value is -3.91. The molecule has 0 spiro atoms. The van der Waals surface area contributed by atoms with Gasteiger partial charge in [0.25, 0.3) is 15.9 Å². The maximum atomic E-state index is 14.3. The van der Waals surface area contributed by atoms with Crippen molar-refractivity contribution in [3.05, 3.63) is 83.1 Å². The van der Waals surface area contributed by atoms with Crippen molar-refractivity contribution in [2.45, 2.75) is 63.2 Å². The van der Waals surface area contributed by atoms with Crippen LogP contribution >= 0.6 is 11.6 Å². The SMILES string of the molecule is C[C@@H]1CN([C@@H](C)CO)C(=O)c2cc(NS(=O)(=O)c3ccc(Cl)cc3)ccc2O[C@@H](C)CCCCO[C@@H]1CN(C)C(=O)Nc1ccc(F)cc1. The van der Waals surface area contributed by atoms with Crippen LogP contribution in [0.2, 0.25) is 5.02 Å². The minimum Gasteiger partial charge on any atom is -0.490 e. The van der Waals surface area contributed by atoms with Crippen LogP contribution in [0.1, 0.15) is 50.4 Å². The minimum atomic E-state index is -4.01. The van der Waals surface area contributed by atoms with E-state index < -0.39 is 39.9 Å². The summed E-state index contributed by atoms with van der Waals surface area (Å²) in [6.45, 7) is 5.94. The van der Waals surface area contributed by atoms with E-state index in [-0.39, 0.29) is 53.6 Å². The Balaban J connectivity index is 1.62. The summed E-state index contributed by atoms with van der Waals surface area (Å²) in [6, 6.07) is 14.7. The average Bonchev–Trinajstić information content (AvgIpc) is 3.07. The van der Waals surface area contributed by atoms with E-state index in [0.717, 1.165) is 12.8 Å². The average molecular weight is 719 g/mol. The summed E-state index contributed by atoms with van der Waals surface area (Å²) in [6.07, 6.45) is 1.42. The molecule has 1 heterocycles. The molecule has 3 N–H and O–H groups in total. The van der Waals surface area contributed by atoms with Crippen molar-refractivity contribution in [3.8, 4) is 5.75 Å². The maximum Gasteiger partial charge on any atom is 0.321 e. The molecule has 0 aliphatic carbocycles. The van der Waals surface area contributed by atoms with Crippen LogP contribution in [0.4, 0.5) is 20.6 Å². The van der Waals surface area contributed by atoms with E-state index in [0.29, 0.717) is 23.7 Å². The van der Waals surface area contributed by atoms with Gasteiger partial charge in [-0.05, 0) is 99.8 Å². The smallest absolute Gasteiger partial charge is 0.321 e. The second kappa shape index (κ2) is 17.1. The Bertz CT molecular complexity index is 1680. The van der Waals surface area contributed by atoms with Gasteiger partial charge in [-0.3, -0.25) is 9.52 Å². The summed E-state index contributed by atoms with van der Waals surface area (Å²) in [4.78, 5) is 30.3. The monoisotopic (exact) mass is 718 g/mol. The summed E-state index contributed by atoms with van der Waals surface area (Å²) in [5.41, 5.74) is 0.719. The van der Waals surface area contributed by atoms with Crippen molar-refractivity contribution in [2.24, 2.45) is 5.92 Å². The van der Waals surface area contributed by atoms with Gasteiger partial charge in [0.05, 0.1) is 35.3 Å². The molecule has 3 amide bonds. The fraction of sp³-hybridized carbons (Fsp3) is 0.429. The topological polar surface area (TPSA) is 138 Å².